The van der Waals surface area contributed by atoms with E-state index in [0.717, 1.165) is 19.4 Å². The van der Waals surface area contributed by atoms with Crippen molar-refractivity contribution in [3.05, 3.63) is 0 Å². The third-order valence-electron chi connectivity index (χ3n) is 3.48. The molecule has 2 rings (SSSR count). The maximum atomic E-state index is 9.98. The second-order valence-electron chi connectivity index (χ2n) is 4.24. The minimum atomic E-state index is -0.289. The standard InChI is InChI=1S/C9H17NO/c10-6-7-4-9(11,5-7)8-2-1-3-8/h7-8,11H,1-6,10H2/t7-,9+. The lowest BCUT2D eigenvalue weighted by Crippen LogP contribution is -2.53. The second-order valence-corrected chi connectivity index (χ2v) is 4.24. The van der Waals surface area contributed by atoms with Gasteiger partial charge in [-0.1, -0.05) is 6.42 Å². The van der Waals surface area contributed by atoms with Crippen LogP contribution in [0, 0.1) is 11.8 Å². The van der Waals surface area contributed by atoms with E-state index in [0.29, 0.717) is 11.8 Å². The zero-order chi connectivity index (χ0) is 7.90. The van der Waals surface area contributed by atoms with Gasteiger partial charge in [0.2, 0.25) is 0 Å². The fraction of sp³-hybridized carbons (Fsp3) is 1.00. The van der Waals surface area contributed by atoms with E-state index in [4.69, 9.17) is 5.73 Å². The van der Waals surface area contributed by atoms with Crippen LogP contribution in [0.3, 0.4) is 0 Å². The molecule has 2 heteroatoms. The smallest absolute Gasteiger partial charge is 0.0682 e. The monoisotopic (exact) mass is 155 g/mol. The maximum absolute atomic E-state index is 9.98. The Kier molecular flexibility index (Phi) is 1.69. The average Bonchev–Trinajstić information content (AvgIpc) is 1.77. The molecule has 0 aromatic rings. The average molecular weight is 155 g/mol. The van der Waals surface area contributed by atoms with Gasteiger partial charge < -0.3 is 10.8 Å². The van der Waals surface area contributed by atoms with Gasteiger partial charge in [0.25, 0.3) is 0 Å². The first-order valence-electron chi connectivity index (χ1n) is 4.67. The molecule has 3 N–H and O–H groups in total. The highest BCUT2D eigenvalue weighted by atomic mass is 16.3. The van der Waals surface area contributed by atoms with Crippen LogP contribution in [0.25, 0.3) is 0 Å². The van der Waals surface area contributed by atoms with Gasteiger partial charge in [0.15, 0.2) is 0 Å². The van der Waals surface area contributed by atoms with E-state index >= 15 is 0 Å². The molecule has 2 fully saturated rings. The summed E-state index contributed by atoms with van der Waals surface area (Å²) < 4.78 is 0. The number of rotatable bonds is 2. The van der Waals surface area contributed by atoms with Crippen LogP contribution in [0.4, 0.5) is 0 Å². The molecule has 11 heavy (non-hydrogen) atoms. The first-order chi connectivity index (χ1) is 5.24. The van der Waals surface area contributed by atoms with Crippen LogP contribution < -0.4 is 5.73 Å². The lowest BCUT2D eigenvalue weighted by molar-refractivity contribution is -0.136. The van der Waals surface area contributed by atoms with Crippen LogP contribution in [0.5, 0.6) is 0 Å². The molecule has 2 saturated carbocycles. The van der Waals surface area contributed by atoms with E-state index in [1.165, 1.54) is 19.3 Å². The number of aliphatic hydroxyl groups is 1. The Balaban J connectivity index is 1.84. The van der Waals surface area contributed by atoms with Gasteiger partial charge in [-0.15, -0.1) is 0 Å². The lowest BCUT2D eigenvalue weighted by Gasteiger charge is -2.51. The summed E-state index contributed by atoms with van der Waals surface area (Å²) in [6.45, 7) is 0.759. The molecule has 0 heterocycles. The van der Waals surface area contributed by atoms with Crippen LogP contribution >= 0.6 is 0 Å². The van der Waals surface area contributed by atoms with Crippen LogP contribution in [0.15, 0.2) is 0 Å². The highest BCUT2D eigenvalue weighted by Gasteiger charge is 2.49. The van der Waals surface area contributed by atoms with Gasteiger partial charge in [0.1, 0.15) is 0 Å². The van der Waals surface area contributed by atoms with Crippen molar-refractivity contribution in [1.29, 1.82) is 0 Å². The molecule has 0 aromatic heterocycles. The molecule has 2 aliphatic rings. The molecule has 0 spiro atoms. The second kappa shape index (κ2) is 2.46. The van der Waals surface area contributed by atoms with Crippen molar-refractivity contribution in [2.24, 2.45) is 17.6 Å². The van der Waals surface area contributed by atoms with E-state index < -0.39 is 0 Å². The highest BCUT2D eigenvalue weighted by molar-refractivity contribution is 5.01. The Morgan fingerprint density at radius 2 is 2.00 bits per heavy atom. The third-order valence-corrected chi connectivity index (χ3v) is 3.48. The molecule has 0 atom stereocenters. The van der Waals surface area contributed by atoms with E-state index in [2.05, 4.69) is 0 Å². The molecule has 0 amide bonds. The van der Waals surface area contributed by atoms with Crippen molar-refractivity contribution in [3.8, 4) is 0 Å². The number of hydrogen-bond donors (Lipinski definition) is 2. The summed E-state index contributed by atoms with van der Waals surface area (Å²) in [7, 11) is 0. The normalized spacial score (nSPS) is 44.7. The number of nitrogens with two attached hydrogens (primary N) is 1. The van der Waals surface area contributed by atoms with Gasteiger partial charge in [-0.25, -0.2) is 0 Å². The molecule has 64 valence electrons. The molecule has 2 nitrogen and oxygen atoms in total. The topological polar surface area (TPSA) is 46.2 Å². The summed E-state index contributed by atoms with van der Waals surface area (Å²) in [6.07, 6.45) is 5.74. The van der Waals surface area contributed by atoms with E-state index in [1.54, 1.807) is 0 Å². The minimum absolute atomic E-state index is 0.289. The Hall–Kier alpha value is -0.0800. The van der Waals surface area contributed by atoms with Gasteiger partial charge in [-0.2, -0.15) is 0 Å². The number of hydrogen-bond acceptors (Lipinski definition) is 2. The molecular weight excluding hydrogens is 138 g/mol. The Morgan fingerprint density at radius 1 is 1.36 bits per heavy atom. The highest BCUT2D eigenvalue weighted by Crippen LogP contribution is 2.49. The van der Waals surface area contributed by atoms with E-state index in [9.17, 15) is 5.11 Å². The van der Waals surface area contributed by atoms with Crippen molar-refractivity contribution < 1.29 is 5.11 Å². The molecule has 0 radical (unpaired) electrons. The zero-order valence-electron chi connectivity index (χ0n) is 6.92. The minimum Gasteiger partial charge on any atom is -0.390 e. The van der Waals surface area contributed by atoms with E-state index in [1.807, 2.05) is 0 Å². The SMILES string of the molecule is NC[C@H]1C[C@](O)(C2CCC2)C1. The Morgan fingerprint density at radius 3 is 2.36 bits per heavy atom. The van der Waals surface area contributed by atoms with Crippen molar-refractivity contribution >= 4 is 0 Å². The van der Waals surface area contributed by atoms with E-state index in [-0.39, 0.29) is 5.60 Å². The largest absolute Gasteiger partial charge is 0.390 e. The summed E-state index contributed by atoms with van der Waals surface area (Å²) in [4.78, 5) is 0. The van der Waals surface area contributed by atoms with Crippen LogP contribution in [0.1, 0.15) is 32.1 Å². The summed E-state index contributed by atoms with van der Waals surface area (Å²) in [5.41, 5.74) is 5.21. The van der Waals surface area contributed by atoms with Crippen molar-refractivity contribution in [1.82, 2.24) is 0 Å². The Labute approximate surface area is 67.8 Å². The van der Waals surface area contributed by atoms with Crippen LogP contribution in [-0.4, -0.2) is 17.3 Å². The van der Waals surface area contributed by atoms with Gasteiger partial charge in [0.05, 0.1) is 5.60 Å². The lowest BCUT2D eigenvalue weighted by atomic mass is 9.59. The van der Waals surface area contributed by atoms with Gasteiger partial charge in [0, 0.05) is 0 Å². The van der Waals surface area contributed by atoms with Crippen molar-refractivity contribution in [2.75, 3.05) is 6.54 Å². The van der Waals surface area contributed by atoms with Gasteiger partial charge in [-0.05, 0) is 44.1 Å². The zero-order valence-corrected chi connectivity index (χ0v) is 6.92. The fourth-order valence-electron chi connectivity index (χ4n) is 2.39. The molecule has 0 unspecified atom stereocenters. The molecule has 2 aliphatic carbocycles. The molecular formula is C9H17NO. The fourth-order valence-corrected chi connectivity index (χ4v) is 2.39. The quantitative estimate of drug-likeness (QED) is 0.622. The van der Waals surface area contributed by atoms with Crippen molar-refractivity contribution in [2.45, 2.75) is 37.7 Å². The van der Waals surface area contributed by atoms with Gasteiger partial charge >= 0.3 is 0 Å². The summed E-state index contributed by atoms with van der Waals surface area (Å²) >= 11 is 0. The predicted octanol–water partition coefficient (Wildman–Crippen LogP) is 0.886. The van der Waals surface area contributed by atoms with Crippen LogP contribution in [-0.2, 0) is 0 Å². The summed E-state index contributed by atoms with van der Waals surface area (Å²) in [5.74, 6) is 1.23. The van der Waals surface area contributed by atoms with Gasteiger partial charge in [-0.3, -0.25) is 0 Å². The Bertz CT molecular complexity index is 148. The molecule has 0 aliphatic heterocycles. The third kappa shape index (κ3) is 1.09. The summed E-state index contributed by atoms with van der Waals surface area (Å²) in [6, 6.07) is 0. The van der Waals surface area contributed by atoms with Crippen LogP contribution in [0.2, 0.25) is 0 Å². The molecule has 0 aromatic carbocycles. The molecule has 0 bridgehead atoms. The molecule has 0 saturated heterocycles. The first-order valence-corrected chi connectivity index (χ1v) is 4.67. The van der Waals surface area contributed by atoms with Crippen molar-refractivity contribution in [3.63, 3.8) is 0 Å². The maximum Gasteiger partial charge on any atom is 0.0682 e. The predicted molar refractivity (Wildman–Crippen MR) is 44.1 cm³/mol. The summed E-state index contributed by atoms with van der Waals surface area (Å²) in [5, 5.41) is 9.98. The first kappa shape index (κ1) is 7.56.